The Morgan fingerprint density at radius 1 is 0.912 bits per heavy atom. The molecule has 0 bridgehead atoms. The average molecular weight is 463 g/mol. The zero-order chi connectivity index (χ0) is 23.9. The SMILES string of the molecule is CC1(C)c2cc(N(c3ccccc3)c3ccccc3)ccc2-c2sc(/C=C(\C#N)C(=O)O)cc21. The number of hydrogen-bond acceptors (Lipinski definition) is 4. The van der Waals surface area contributed by atoms with Crippen LogP contribution in [-0.4, -0.2) is 11.1 Å². The first-order valence-electron chi connectivity index (χ1n) is 10.9. The van der Waals surface area contributed by atoms with E-state index in [4.69, 9.17) is 5.26 Å². The molecule has 0 radical (unpaired) electrons. The molecule has 166 valence electrons. The van der Waals surface area contributed by atoms with Crippen LogP contribution in [0.2, 0.25) is 0 Å². The van der Waals surface area contributed by atoms with Crippen LogP contribution >= 0.6 is 11.3 Å². The number of fused-ring (bicyclic) bond motifs is 3. The molecule has 0 fully saturated rings. The number of aliphatic carboxylic acids is 1. The van der Waals surface area contributed by atoms with Gasteiger partial charge in [0.25, 0.3) is 0 Å². The molecule has 0 saturated carbocycles. The molecule has 34 heavy (non-hydrogen) atoms. The lowest BCUT2D eigenvalue weighted by Gasteiger charge is -2.28. The number of nitrogens with zero attached hydrogens (tertiary/aromatic N) is 2. The summed E-state index contributed by atoms with van der Waals surface area (Å²) in [5.41, 5.74) is 6.30. The molecule has 1 aromatic heterocycles. The highest BCUT2D eigenvalue weighted by atomic mass is 32.1. The third-order valence-corrected chi connectivity index (χ3v) is 7.39. The number of rotatable bonds is 5. The number of anilines is 3. The van der Waals surface area contributed by atoms with Crippen LogP contribution in [0.4, 0.5) is 17.1 Å². The van der Waals surface area contributed by atoms with Crippen molar-refractivity contribution >= 4 is 40.4 Å². The monoisotopic (exact) mass is 462 g/mol. The van der Waals surface area contributed by atoms with Gasteiger partial charge in [-0.3, -0.25) is 0 Å². The molecule has 1 heterocycles. The van der Waals surface area contributed by atoms with E-state index >= 15 is 0 Å². The van der Waals surface area contributed by atoms with Gasteiger partial charge in [-0.1, -0.05) is 56.3 Å². The fraction of sp³-hybridized carbons (Fsp3) is 0.103. The Bertz CT molecular complexity index is 1420. The van der Waals surface area contributed by atoms with Crippen molar-refractivity contribution in [3.63, 3.8) is 0 Å². The van der Waals surface area contributed by atoms with Crippen molar-refractivity contribution in [2.45, 2.75) is 19.3 Å². The first kappa shape index (κ1) is 21.7. The van der Waals surface area contributed by atoms with Gasteiger partial charge < -0.3 is 10.0 Å². The minimum Gasteiger partial charge on any atom is -0.477 e. The summed E-state index contributed by atoms with van der Waals surface area (Å²) in [4.78, 5) is 15.4. The first-order valence-corrected chi connectivity index (χ1v) is 11.8. The van der Waals surface area contributed by atoms with Crippen LogP contribution in [0.1, 0.15) is 29.9 Å². The topological polar surface area (TPSA) is 64.3 Å². The fourth-order valence-corrected chi connectivity index (χ4v) is 5.86. The molecule has 0 aliphatic heterocycles. The molecule has 5 heteroatoms. The maximum atomic E-state index is 11.3. The van der Waals surface area contributed by atoms with E-state index in [-0.39, 0.29) is 11.0 Å². The van der Waals surface area contributed by atoms with E-state index in [1.807, 2.05) is 42.5 Å². The predicted octanol–water partition coefficient (Wildman–Crippen LogP) is 7.52. The van der Waals surface area contributed by atoms with Gasteiger partial charge >= 0.3 is 5.97 Å². The van der Waals surface area contributed by atoms with Crippen LogP contribution < -0.4 is 4.90 Å². The van der Waals surface area contributed by atoms with Crippen molar-refractivity contribution < 1.29 is 9.90 Å². The normalized spacial score (nSPS) is 13.6. The Morgan fingerprint density at radius 3 is 2.09 bits per heavy atom. The molecule has 0 spiro atoms. The van der Waals surface area contributed by atoms with Crippen molar-refractivity contribution in [2.75, 3.05) is 4.90 Å². The maximum absolute atomic E-state index is 11.3. The molecule has 3 aromatic carbocycles. The van der Waals surface area contributed by atoms with Crippen LogP contribution in [0, 0.1) is 11.3 Å². The van der Waals surface area contributed by atoms with Crippen molar-refractivity contribution in [2.24, 2.45) is 0 Å². The highest BCUT2D eigenvalue weighted by molar-refractivity contribution is 7.16. The van der Waals surface area contributed by atoms with Crippen LogP contribution in [0.15, 0.2) is 90.5 Å². The average Bonchev–Trinajstić information content (AvgIpc) is 3.36. The molecule has 4 aromatic rings. The van der Waals surface area contributed by atoms with Crippen LogP contribution in [0.3, 0.4) is 0 Å². The smallest absolute Gasteiger partial charge is 0.346 e. The third kappa shape index (κ3) is 3.59. The molecular weight excluding hydrogens is 440 g/mol. The molecule has 1 aliphatic carbocycles. The Morgan fingerprint density at radius 2 is 1.53 bits per heavy atom. The summed E-state index contributed by atoms with van der Waals surface area (Å²) in [5.74, 6) is -1.21. The number of benzene rings is 3. The maximum Gasteiger partial charge on any atom is 0.346 e. The van der Waals surface area contributed by atoms with Crippen LogP contribution in [0.25, 0.3) is 16.5 Å². The summed E-state index contributed by atoms with van der Waals surface area (Å²) in [7, 11) is 0. The van der Waals surface area contributed by atoms with Crippen LogP contribution in [-0.2, 0) is 10.2 Å². The fourth-order valence-electron chi connectivity index (χ4n) is 4.56. The molecule has 1 N–H and O–H groups in total. The lowest BCUT2D eigenvalue weighted by atomic mass is 9.82. The molecule has 0 saturated heterocycles. The largest absolute Gasteiger partial charge is 0.477 e. The van der Waals surface area contributed by atoms with Gasteiger partial charge in [-0.05, 0) is 65.2 Å². The second-order valence-corrected chi connectivity index (χ2v) is 9.81. The minimum atomic E-state index is -1.21. The van der Waals surface area contributed by atoms with E-state index < -0.39 is 5.97 Å². The van der Waals surface area contributed by atoms with Crippen molar-refractivity contribution in [3.8, 4) is 16.5 Å². The first-order chi connectivity index (χ1) is 16.4. The van der Waals surface area contributed by atoms with Gasteiger partial charge in [0.1, 0.15) is 11.6 Å². The number of para-hydroxylation sites is 2. The Hall–Kier alpha value is -4.14. The summed E-state index contributed by atoms with van der Waals surface area (Å²) in [5, 5.41) is 18.4. The van der Waals surface area contributed by atoms with Gasteiger partial charge in [-0.25, -0.2) is 4.79 Å². The van der Waals surface area contributed by atoms with Gasteiger partial charge in [-0.2, -0.15) is 5.26 Å². The summed E-state index contributed by atoms with van der Waals surface area (Å²) in [6, 6.07) is 31.0. The standard InChI is InChI=1S/C29H22N2O2S/c1-29(2)25-16-22(31(20-9-5-3-6-10-20)21-11-7-4-8-12-21)13-14-24(25)27-26(29)17-23(34-27)15-19(18-30)28(32)33/h3-17H,1-2H3,(H,32,33)/b19-15+. The number of carboxylic acid groups (broad SMARTS) is 1. The Balaban J connectivity index is 1.62. The van der Waals surface area contributed by atoms with Crippen molar-refractivity contribution in [1.82, 2.24) is 0 Å². The second kappa shape index (κ2) is 8.33. The molecular formula is C29H22N2O2S. The van der Waals surface area contributed by atoms with Gasteiger partial charge in [0.15, 0.2) is 0 Å². The van der Waals surface area contributed by atoms with Gasteiger partial charge in [0.2, 0.25) is 0 Å². The molecule has 1 aliphatic rings. The number of thiophene rings is 1. The van der Waals surface area contributed by atoms with E-state index in [0.717, 1.165) is 37.9 Å². The van der Waals surface area contributed by atoms with Gasteiger partial charge in [0.05, 0.1) is 0 Å². The van der Waals surface area contributed by atoms with Gasteiger partial charge in [0, 0.05) is 32.2 Å². The van der Waals surface area contributed by atoms with E-state index in [0.29, 0.717) is 0 Å². The predicted molar refractivity (Wildman–Crippen MR) is 138 cm³/mol. The Labute approximate surface area is 202 Å². The van der Waals surface area contributed by atoms with Crippen molar-refractivity contribution in [3.05, 3.63) is 107 Å². The quantitative estimate of drug-likeness (QED) is 0.246. The molecule has 0 amide bonds. The molecule has 5 rings (SSSR count). The molecule has 4 nitrogen and oxygen atoms in total. The zero-order valence-electron chi connectivity index (χ0n) is 18.8. The Kier molecular flexibility index (Phi) is 5.31. The van der Waals surface area contributed by atoms with Gasteiger partial charge in [-0.15, -0.1) is 11.3 Å². The highest BCUT2D eigenvalue weighted by Gasteiger charge is 2.38. The number of carbonyl (C=O) groups is 1. The number of hydrogen-bond donors (Lipinski definition) is 1. The zero-order valence-corrected chi connectivity index (χ0v) is 19.6. The van der Waals surface area contributed by atoms with E-state index in [1.165, 1.54) is 23.0 Å². The van der Waals surface area contributed by atoms with E-state index in [9.17, 15) is 9.90 Å². The van der Waals surface area contributed by atoms with E-state index in [2.05, 4.69) is 61.2 Å². The highest BCUT2D eigenvalue weighted by Crippen LogP contribution is 2.54. The number of nitriles is 1. The second-order valence-electron chi connectivity index (χ2n) is 8.73. The van der Waals surface area contributed by atoms with Crippen molar-refractivity contribution in [1.29, 1.82) is 5.26 Å². The lowest BCUT2D eigenvalue weighted by Crippen LogP contribution is -2.16. The molecule has 0 atom stereocenters. The third-order valence-electron chi connectivity index (χ3n) is 6.27. The summed E-state index contributed by atoms with van der Waals surface area (Å²) >= 11 is 1.53. The number of carboxylic acids is 1. The molecule has 0 unspecified atom stereocenters. The summed E-state index contributed by atoms with van der Waals surface area (Å²) in [6.07, 6.45) is 1.46. The summed E-state index contributed by atoms with van der Waals surface area (Å²) in [6.45, 7) is 4.39. The summed E-state index contributed by atoms with van der Waals surface area (Å²) < 4.78 is 0. The van der Waals surface area contributed by atoms with E-state index in [1.54, 1.807) is 6.07 Å². The minimum absolute atomic E-state index is 0.252. The van der Waals surface area contributed by atoms with Crippen LogP contribution in [0.5, 0.6) is 0 Å². The lowest BCUT2D eigenvalue weighted by molar-refractivity contribution is -0.132.